The van der Waals surface area contributed by atoms with Crippen LogP contribution in [0.25, 0.3) is 31.3 Å². The summed E-state index contributed by atoms with van der Waals surface area (Å²) >= 11 is 1.87. The predicted molar refractivity (Wildman–Crippen MR) is 191 cm³/mol. The Morgan fingerprint density at radius 1 is 0.422 bits per heavy atom. The van der Waals surface area contributed by atoms with Crippen LogP contribution in [0.3, 0.4) is 0 Å². The molecule has 2 heteroatoms. The molecule has 1 aliphatic carbocycles. The zero-order valence-electron chi connectivity index (χ0n) is 24.6. The number of rotatable bonds is 5. The van der Waals surface area contributed by atoms with Crippen molar-refractivity contribution in [2.75, 3.05) is 4.90 Å². The van der Waals surface area contributed by atoms with Crippen LogP contribution in [0.2, 0.25) is 0 Å². The van der Waals surface area contributed by atoms with Crippen LogP contribution in [0.1, 0.15) is 22.3 Å². The van der Waals surface area contributed by atoms with Crippen molar-refractivity contribution in [2.24, 2.45) is 0 Å². The summed E-state index contributed by atoms with van der Waals surface area (Å²) in [5, 5.41) is 2.61. The van der Waals surface area contributed by atoms with Crippen molar-refractivity contribution in [1.29, 1.82) is 0 Å². The highest BCUT2D eigenvalue weighted by atomic mass is 32.1. The molecule has 45 heavy (non-hydrogen) atoms. The van der Waals surface area contributed by atoms with E-state index in [1.54, 1.807) is 0 Å². The summed E-state index contributed by atoms with van der Waals surface area (Å²) < 4.78 is 2.60. The highest BCUT2D eigenvalue weighted by molar-refractivity contribution is 7.26. The SMILES string of the molecule is c1ccc(N(c2ccc3c(c2)C(c2ccccc2)(c2ccccc2)c2ccccc2-3)c2cccc3c2sc2ccccc23)cc1. The predicted octanol–water partition coefficient (Wildman–Crippen LogP) is 11.9. The van der Waals surface area contributed by atoms with E-state index in [2.05, 4.69) is 181 Å². The highest BCUT2D eigenvalue weighted by Gasteiger charge is 2.46. The molecule has 212 valence electrons. The molecule has 0 bridgehead atoms. The molecule has 0 amide bonds. The number of thiophene rings is 1. The summed E-state index contributed by atoms with van der Waals surface area (Å²) in [4.78, 5) is 2.45. The Bertz CT molecular complexity index is 2280. The molecule has 8 aromatic rings. The lowest BCUT2D eigenvalue weighted by Gasteiger charge is -2.35. The molecule has 0 unspecified atom stereocenters. The van der Waals surface area contributed by atoms with Crippen LogP contribution >= 0.6 is 11.3 Å². The number of fused-ring (bicyclic) bond motifs is 6. The fraction of sp³-hybridized carbons (Fsp3) is 0.0233. The van der Waals surface area contributed by atoms with Gasteiger partial charge in [-0.3, -0.25) is 0 Å². The second-order valence-corrected chi connectivity index (χ2v) is 12.7. The topological polar surface area (TPSA) is 3.24 Å². The molecule has 9 rings (SSSR count). The second kappa shape index (κ2) is 10.3. The summed E-state index contributed by atoms with van der Waals surface area (Å²) in [6.45, 7) is 0. The van der Waals surface area contributed by atoms with Gasteiger partial charge in [0.15, 0.2) is 0 Å². The van der Waals surface area contributed by atoms with Gasteiger partial charge in [-0.05, 0) is 69.8 Å². The molecule has 7 aromatic carbocycles. The van der Waals surface area contributed by atoms with Crippen LogP contribution in [-0.2, 0) is 5.41 Å². The highest BCUT2D eigenvalue weighted by Crippen LogP contribution is 2.57. The smallest absolute Gasteiger partial charge is 0.0714 e. The Kier molecular flexibility index (Phi) is 5.97. The van der Waals surface area contributed by atoms with Crippen LogP contribution in [0.15, 0.2) is 176 Å². The summed E-state index contributed by atoms with van der Waals surface area (Å²) in [5.74, 6) is 0. The van der Waals surface area contributed by atoms with Crippen molar-refractivity contribution in [3.05, 3.63) is 198 Å². The first-order chi connectivity index (χ1) is 22.3. The van der Waals surface area contributed by atoms with Crippen molar-refractivity contribution in [3.8, 4) is 11.1 Å². The van der Waals surface area contributed by atoms with Gasteiger partial charge in [-0.25, -0.2) is 0 Å². The first-order valence-corrected chi connectivity index (χ1v) is 16.3. The first-order valence-electron chi connectivity index (χ1n) is 15.4. The number of benzene rings is 7. The minimum absolute atomic E-state index is 0.448. The summed E-state index contributed by atoms with van der Waals surface area (Å²) in [6.07, 6.45) is 0. The quantitative estimate of drug-likeness (QED) is 0.192. The third-order valence-electron chi connectivity index (χ3n) is 9.34. The van der Waals surface area contributed by atoms with Gasteiger partial charge < -0.3 is 4.90 Å². The van der Waals surface area contributed by atoms with Gasteiger partial charge in [0.1, 0.15) is 0 Å². The molecule has 0 fully saturated rings. The lowest BCUT2D eigenvalue weighted by Crippen LogP contribution is -2.28. The van der Waals surface area contributed by atoms with Crippen LogP contribution in [0, 0.1) is 0 Å². The average Bonchev–Trinajstić information content (AvgIpc) is 3.64. The van der Waals surface area contributed by atoms with Crippen LogP contribution in [0.4, 0.5) is 17.1 Å². The second-order valence-electron chi connectivity index (χ2n) is 11.7. The van der Waals surface area contributed by atoms with Crippen molar-refractivity contribution in [3.63, 3.8) is 0 Å². The van der Waals surface area contributed by atoms with Gasteiger partial charge >= 0.3 is 0 Å². The monoisotopic (exact) mass is 591 g/mol. The van der Waals surface area contributed by atoms with E-state index in [1.165, 1.54) is 59.2 Å². The van der Waals surface area contributed by atoms with Crippen molar-refractivity contribution in [1.82, 2.24) is 0 Å². The molecule has 1 heterocycles. The molecule has 1 nitrogen and oxygen atoms in total. The normalized spacial score (nSPS) is 13.1. The van der Waals surface area contributed by atoms with Crippen molar-refractivity contribution >= 4 is 48.6 Å². The van der Waals surface area contributed by atoms with E-state index in [1.807, 2.05) is 11.3 Å². The first kappa shape index (κ1) is 26.0. The Morgan fingerprint density at radius 3 is 1.78 bits per heavy atom. The molecule has 0 saturated heterocycles. The Hall–Kier alpha value is -5.44. The molecule has 0 spiro atoms. The summed E-state index contributed by atoms with van der Waals surface area (Å²) in [5.41, 5.74) is 10.8. The van der Waals surface area contributed by atoms with E-state index in [4.69, 9.17) is 0 Å². The van der Waals surface area contributed by atoms with E-state index in [-0.39, 0.29) is 0 Å². The molecule has 0 N–H and O–H groups in total. The van der Waals surface area contributed by atoms with Crippen molar-refractivity contribution in [2.45, 2.75) is 5.41 Å². The molecule has 0 saturated carbocycles. The van der Waals surface area contributed by atoms with Crippen LogP contribution in [-0.4, -0.2) is 0 Å². The molecular formula is C43H29NS. The number of anilines is 3. The Balaban J connectivity index is 1.36. The summed E-state index contributed by atoms with van der Waals surface area (Å²) in [7, 11) is 0. The largest absolute Gasteiger partial charge is 0.309 e. The standard InChI is InChI=1S/C43H29NS/c1-4-15-30(16-5-1)43(31-17-6-2-7-18-31)38-24-12-10-21-34(38)35-28-27-33(29-39(35)43)44(32-19-8-3-9-20-32)40-25-14-23-37-36-22-11-13-26-41(36)45-42(37)40/h1-29H. The van der Waals surface area contributed by atoms with Crippen molar-refractivity contribution < 1.29 is 0 Å². The summed E-state index contributed by atoms with van der Waals surface area (Å²) in [6, 6.07) is 64.4. The van der Waals surface area contributed by atoms with E-state index < -0.39 is 5.41 Å². The van der Waals surface area contributed by atoms with Gasteiger partial charge in [0.2, 0.25) is 0 Å². The minimum atomic E-state index is -0.448. The van der Waals surface area contributed by atoms with Crippen LogP contribution in [0.5, 0.6) is 0 Å². The van der Waals surface area contributed by atoms with Gasteiger partial charge in [-0.15, -0.1) is 11.3 Å². The fourth-order valence-corrected chi connectivity index (χ4v) is 8.69. The maximum absolute atomic E-state index is 2.45. The maximum Gasteiger partial charge on any atom is 0.0714 e. The Labute approximate surface area is 267 Å². The van der Waals surface area contributed by atoms with Gasteiger partial charge in [0, 0.05) is 26.8 Å². The fourth-order valence-electron chi connectivity index (χ4n) is 7.48. The number of nitrogens with zero attached hydrogens (tertiary/aromatic N) is 1. The molecule has 0 atom stereocenters. The van der Waals surface area contributed by atoms with Gasteiger partial charge in [-0.2, -0.15) is 0 Å². The zero-order chi connectivity index (χ0) is 29.8. The molecule has 1 aliphatic rings. The number of hydrogen-bond donors (Lipinski definition) is 0. The van der Waals surface area contributed by atoms with Crippen LogP contribution < -0.4 is 4.90 Å². The molecule has 1 aromatic heterocycles. The zero-order valence-corrected chi connectivity index (χ0v) is 25.4. The van der Waals surface area contributed by atoms with Gasteiger partial charge in [0.05, 0.1) is 15.8 Å². The average molecular weight is 592 g/mol. The Morgan fingerprint density at radius 2 is 1.02 bits per heavy atom. The third kappa shape index (κ3) is 3.86. The molecular weight excluding hydrogens is 563 g/mol. The lowest BCUT2D eigenvalue weighted by atomic mass is 9.67. The van der Waals surface area contributed by atoms with E-state index in [0.29, 0.717) is 0 Å². The molecule has 0 aliphatic heterocycles. The lowest BCUT2D eigenvalue weighted by molar-refractivity contribution is 0.768. The van der Waals surface area contributed by atoms with E-state index in [9.17, 15) is 0 Å². The minimum Gasteiger partial charge on any atom is -0.309 e. The van der Waals surface area contributed by atoms with E-state index >= 15 is 0 Å². The van der Waals surface area contributed by atoms with Gasteiger partial charge in [0.25, 0.3) is 0 Å². The number of para-hydroxylation sites is 1. The third-order valence-corrected chi connectivity index (χ3v) is 10.5. The van der Waals surface area contributed by atoms with Gasteiger partial charge in [-0.1, -0.05) is 140 Å². The number of hydrogen-bond acceptors (Lipinski definition) is 2. The molecule has 0 radical (unpaired) electrons. The van der Waals surface area contributed by atoms with E-state index in [0.717, 1.165) is 11.4 Å². The maximum atomic E-state index is 2.45.